The molecule has 5 N–H and O–H groups in total. The quantitative estimate of drug-likeness (QED) is 0.347. The van der Waals surface area contributed by atoms with Gasteiger partial charge in [0.15, 0.2) is 0 Å². The third-order valence-electron chi connectivity index (χ3n) is 1.34. The minimum Gasteiger partial charge on any atom is -0.479 e. The van der Waals surface area contributed by atoms with Crippen LogP contribution >= 0.6 is 7.82 Å². The lowest BCUT2D eigenvalue weighted by Crippen LogP contribution is -2.41. The number of aliphatic hydroxyl groups is 2. The van der Waals surface area contributed by atoms with E-state index in [1.54, 1.807) is 0 Å². The average Bonchev–Trinajstić information content (AvgIpc) is 2.10. The second-order valence-electron chi connectivity index (χ2n) is 2.58. The molecule has 0 aliphatic rings. The van der Waals surface area contributed by atoms with E-state index in [9.17, 15) is 13.8 Å². The highest BCUT2D eigenvalue weighted by atomic mass is 31.2. The Kier molecular flexibility index (Phi) is 5.29. The number of halogens is 1. The van der Waals surface area contributed by atoms with Gasteiger partial charge in [-0.3, -0.25) is 4.52 Å². The molecule has 0 bridgehead atoms. The second-order valence-corrected chi connectivity index (χ2v) is 3.82. The SMILES string of the molecule is O=C(O)C(F)C(O)C(O)COP(=O)(O)O. The van der Waals surface area contributed by atoms with Gasteiger partial charge in [0.25, 0.3) is 0 Å². The van der Waals surface area contributed by atoms with Gasteiger partial charge in [0.05, 0.1) is 6.61 Å². The van der Waals surface area contributed by atoms with Crippen LogP contribution in [-0.2, 0) is 13.9 Å². The molecule has 0 saturated heterocycles. The van der Waals surface area contributed by atoms with Gasteiger partial charge in [-0.2, -0.15) is 0 Å². The molecule has 90 valence electrons. The summed E-state index contributed by atoms with van der Waals surface area (Å²) < 4.78 is 26.4. The Morgan fingerprint density at radius 1 is 1.40 bits per heavy atom. The lowest BCUT2D eigenvalue weighted by Gasteiger charge is -2.18. The van der Waals surface area contributed by atoms with Crippen molar-refractivity contribution in [1.29, 1.82) is 0 Å². The molecule has 10 heteroatoms. The molecular weight excluding hydrogens is 238 g/mol. The number of hydrogen-bond donors (Lipinski definition) is 5. The maximum atomic E-state index is 12.5. The van der Waals surface area contributed by atoms with Gasteiger partial charge < -0.3 is 25.1 Å². The Labute approximate surface area is 83.2 Å². The van der Waals surface area contributed by atoms with Gasteiger partial charge in [-0.15, -0.1) is 0 Å². The van der Waals surface area contributed by atoms with Gasteiger partial charge in [-0.1, -0.05) is 0 Å². The number of aliphatic hydroxyl groups excluding tert-OH is 2. The topological polar surface area (TPSA) is 145 Å². The number of carbonyl (C=O) groups is 1. The fraction of sp³-hybridized carbons (Fsp3) is 0.800. The summed E-state index contributed by atoms with van der Waals surface area (Å²) in [6.45, 7) is -1.08. The highest BCUT2D eigenvalue weighted by Gasteiger charge is 2.33. The summed E-state index contributed by atoms with van der Waals surface area (Å²) in [6, 6.07) is 0. The first-order valence-corrected chi connectivity index (χ1v) is 5.11. The van der Waals surface area contributed by atoms with Crippen LogP contribution < -0.4 is 0 Å². The summed E-state index contributed by atoms with van der Waals surface area (Å²) in [5.74, 6) is -2.00. The van der Waals surface area contributed by atoms with Crippen molar-refractivity contribution in [2.45, 2.75) is 18.4 Å². The van der Waals surface area contributed by atoms with Gasteiger partial charge in [0.1, 0.15) is 12.2 Å². The molecule has 0 aromatic carbocycles. The fourth-order valence-corrected chi connectivity index (χ4v) is 0.960. The maximum absolute atomic E-state index is 12.5. The second kappa shape index (κ2) is 5.50. The van der Waals surface area contributed by atoms with Gasteiger partial charge in [-0.25, -0.2) is 13.8 Å². The first kappa shape index (κ1) is 14.4. The van der Waals surface area contributed by atoms with Crippen LogP contribution in [0.2, 0.25) is 0 Å². The number of phosphoric ester groups is 1. The molecule has 0 fully saturated rings. The summed E-state index contributed by atoms with van der Waals surface area (Å²) in [5.41, 5.74) is 0. The van der Waals surface area contributed by atoms with E-state index in [4.69, 9.17) is 25.1 Å². The van der Waals surface area contributed by atoms with Crippen LogP contribution in [-0.4, -0.2) is 56.1 Å². The molecule has 0 saturated carbocycles. The molecule has 0 heterocycles. The highest BCUT2D eigenvalue weighted by Crippen LogP contribution is 2.35. The molecule has 3 atom stereocenters. The number of carboxylic acid groups (broad SMARTS) is 1. The fourth-order valence-electron chi connectivity index (χ4n) is 0.613. The monoisotopic (exact) mass is 248 g/mol. The summed E-state index contributed by atoms with van der Waals surface area (Å²) >= 11 is 0. The number of aliphatic carboxylic acids is 1. The van der Waals surface area contributed by atoms with Crippen molar-refractivity contribution >= 4 is 13.8 Å². The molecule has 0 aromatic rings. The van der Waals surface area contributed by atoms with E-state index in [0.717, 1.165) is 0 Å². The minimum atomic E-state index is -4.85. The number of rotatable bonds is 6. The number of hydrogen-bond acceptors (Lipinski definition) is 5. The van der Waals surface area contributed by atoms with E-state index in [1.165, 1.54) is 0 Å². The van der Waals surface area contributed by atoms with Crippen LogP contribution in [0.5, 0.6) is 0 Å². The first-order valence-electron chi connectivity index (χ1n) is 3.58. The lowest BCUT2D eigenvalue weighted by molar-refractivity contribution is -0.151. The van der Waals surface area contributed by atoms with E-state index < -0.39 is 38.8 Å². The van der Waals surface area contributed by atoms with Crippen molar-refractivity contribution in [3.05, 3.63) is 0 Å². The van der Waals surface area contributed by atoms with Gasteiger partial charge in [-0.05, 0) is 0 Å². The Hall–Kier alpha value is -0.570. The van der Waals surface area contributed by atoms with Crippen molar-refractivity contribution in [2.24, 2.45) is 0 Å². The molecule has 0 aliphatic carbocycles. The predicted octanol–water partition coefficient (Wildman–Crippen LogP) is -1.76. The van der Waals surface area contributed by atoms with Crippen LogP contribution in [0.3, 0.4) is 0 Å². The van der Waals surface area contributed by atoms with Gasteiger partial charge in [0.2, 0.25) is 6.17 Å². The summed E-state index contributed by atoms with van der Waals surface area (Å²) in [6.07, 6.45) is -7.14. The minimum absolute atomic E-state index is 1.08. The molecule has 0 aromatic heterocycles. The molecule has 0 rings (SSSR count). The average molecular weight is 248 g/mol. The summed E-state index contributed by atoms with van der Waals surface area (Å²) in [7, 11) is -4.85. The Bertz CT molecular complexity index is 264. The molecule has 3 unspecified atom stereocenters. The predicted molar refractivity (Wildman–Crippen MR) is 42.5 cm³/mol. The van der Waals surface area contributed by atoms with E-state index in [2.05, 4.69) is 4.52 Å². The largest absolute Gasteiger partial charge is 0.479 e. The summed E-state index contributed by atoms with van der Waals surface area (Å²) in [5, 5.41) is 25.8. The molecular formula is C5H10FO8P. The maximum Gasteiger partial charge on any atom is 0.469 e. The number of alkyl halides is 1. The zero-order valence-electron chi connectivity index (χ0n) is 7.23. The molecule has 15 heavy (non-hydrogen) atoms. The zero-order valence-corrected chi connectivity index (χ0v) is 8.12. The van der Waals surface area contributed by atoms with Crippen LogP contribution in [0.15, 0.2) is 0 Å². The third-order valence-corrected chi connectivity index (χ3v) is 1.83. The molecule has 0 radical (unpaired) electrons. The van der Waals surface area contributed by atoms with E-state index in [1.807, 2.05) is 0 Å². The number of carboxylic acids is 1. The Balaban J connectivity index is 4.16. The molecule has 0 amide bonds. The lowest BCUT2D eigenvalue weighted by atomic mass is 10.1. The van der Waals surface area contributed by atoms with Gasteiger partial charge in [0, 0.05) is 0 Å². The Morgan fingerprint density at radius 3 is 2.20 bits per heavy atom. The van der Waals surface area contributed by atoms with E-state index in [0.29, 0.717) is 0 Å². The molecule has 0 aliphatic heterocycles. The smallest absolute Gasteiger partial charge is 0.469 e. The first-order chi connectivity index (χ1) is 6.65. The van der Waals surface area contributed by atoms with E-state index >= 15 is 0 Å². The van der Waals surface area contributed by atoms with E-state index in [-0.39, 0.29) is 0 Å². The molecule has 8 nitrogen and oxygen atoms in total. The molecule has 0 spiro atoms. The van der Waals surface area contributed by atoms with Crippen molar-refractivity contribution < 1.29 is 43.4 Å². The van der Waals surface area contributed by atoms with Crippen molar-refractivity contribution in [1.82, 2.24) is 0 Å². The van der Waals surface area contributed by atoms with Crippen LogP contribution in [0.4, 0.5) is 4.39 Å². The van der Waals surface area contributed by atoms with Gasteiger partial charge >= 0.3 is 13.8 Å². The van der Waals surface area contributed by atoms with Crippen LogP contribution in [0, 0.1) is 0 Å². The number of phosphoric acid groups is 1. The highest BCUT2D eigenvalue weighted by molar-refractivity contribution is 7.46. The zero-order chi connectivity index (χ0) is 12.2. The van der Waals surface area contributed by atoms with Crippen molar-refractivity contribution in [3.63, 3.8) is 0 Å². The van der Waals surface area contributed by atoms with Crippen molar-refractivity contribution in [2.75, 3.05) is 6.61 Å². The standard InChI is InChI=1S/C5H10FO8P/c6-3(5(9)10)4(8)2(7)1-14-15(11,12)13/h2-4,7-8H,1H2,(H,9,10)(H2,11,12,13). The Morgan fingerprint density at radius 2 is 1.87 bits per heavy atom. The summed E-state index contributed by atoms with van der Waals surface area (Å²) in [4.78, 5) is 26.4. The van der Waals surface area contributed by atoms with Crippen molar-refractivity contribution in [3.8, 4) is 0 Å². The third kappa shape index (κ3) is 5.78. The van der Waals surface area contributed by atoms with Crippen LogP contribution in [0.1, 0.15) is 0 Å². The normalized spacial score (nSPS) is 18.2. The van der Waals surface area contributed by atoms with Crippen LogP contribution in [0.25, 0.3) is 0 Å².